The van der Waals surface area contributed by atoms with Crippen molar-refractivity contribution in [1.29, 1.82) is 0 Å². The Balaban J connectivity index is 1.48. The van der Waals surface area contributed by atoms with E-state index in [1.807, 2.05) is 48.5 Å². The fourth-order valence-electron chi connectivity index (χ4n) is 4.08. The van der Waals surface area contributed by atoms with Crippen LogP contribution in [0.1, 0.15) is 42.2 Å². The number of amides is 1. The SMILES string of the molecule is COC(=O)c1cc(C(=O)O)cc(C(=O)NON(C)N2c3ccccc3CC2OCc2cccc(OC)c2)c1. The first-order chi connectivity index (χ1) is 18.3. The number of ether oxygens (including phenoxy) is 3. The lowest BCUT2D eigenvalue weighted by Crippen LogP contribution is -2.49. The summed E-state index contributed by atoms with van der Waals surface area (Å²) in [7, 11) is 4.36. The Kier molecular flexibility index (Phi) is 8.22. The van der Waals surface area contributed by atoms with Crippen molar-refractivity contribution in [1.82, 2.24) is 10.7 Å². The van der Waals surface area contributed by atoms with E-state index in [-0.39, 0.29) is 16.7 Å². The predicted molar refractivity (Wildman–Crippen MR) is 135 cm³/mol. The van der Waals surface area contributed by atoms with Gasteiger partial charge in [-0.15, -0.1) is 0 Å². The average Bonchev–Trinajstić information content (AvgIpc) is 3.32. The third kappa shape index (κ3) is 5.92. The van der Waals surface area contributed by atoms with Gasteiger partial charge in [0, 0.05) is 19.0 Å². The van der Waals surface area contributed by atoms with Gasteiger partial charge in [0.15, 0.2) is 6.23 Å². The molecule has 0 fully saturated rings. The van der Waals surface area contributed by atoms with Crippen molar-refractivity contribution in [2.24, 2.45) is 0 Å². The summed E-state index contributed by atoms with van der Waals surface area (Å²) in [5.41, 5.74) is 4.67. The van der Waals surface area contributed by atoms with Crippen LogP contribution in [0, 0.1) is 0 Å². The quantitative estimate of drug-likeness (QED) is 0.303. The molecule has 11 heteroatoms. The second kappa shape index (κ2) is 11.7. The van der Waals surface area contributed by atoms with Crippen molar-refractivity contribution in [2.75, 3.05) is 26.3 Å². The van der Waals surface area contributed by atoms with Gasteiger partial charge in [-0.2, -0.15) is 4.94 Å². The molecule has 1 aliphatic rings. The Hall–Kier alpha value is -4.45. The molecule has 1 atom stereocenters. The van der Waals surface area contributed by atoms with Gasteiger partial charge in [-0.3, -0.25) is 9.80 Å². The average molecular weight is 522 g/mol. The second-order valence-corrected chi connectivity index (χ2v) is 8.38. The van der Waals surface area contributed by atoms with Crippen LogP contribution in [0.5, 0.6) is 5.75 Å². The molecule has 0 saturated heterocycles. The Morgan fingerprint density at radius 3 is 2.47 bits per heavy atom. The number of carbonyl (C=O) groups excluding carboxylic acids is 2. The summed E-state index contributed by atoms with van der Waals surface area (Å²) in [5, 5.41) is 12.4. The van der Waals surface area contributed by atoms with Crippen molar-refractivity contribution >= 4 is 23.5 Å². The van der Waals surface area contributed by atoms with Crippen LogP contribution in [0.15, 0.2) is 66.7 Å². The second-order valence-electron chi connectivity index (χ2n) is 8.38. The third-order valence-corrected chi connectivity index (χ3v) is 5.92. The van der Waals surface area contributed by atoms with Gasteiger partial charge in [0.05, 0.1) is 37.6 Å². The van der Waals surface area contributed by atoms with Gasteiger partial charge in [-0.1, -0.05) is 35.5 Å². The maximum Gasteiger partial charge on any atom is 0.337 e. The number of aromatic carboxylic acids is 1. The molecule has 0 spiro atoms. The van der Waals surface area contributed by atoms with Crippen molar-refractivity contribution in [3.63, 3.8) is 0 Å². The Labute approximate surface area is 219 Å². The number of hydrogen-bond acceptors (Lipinski definition) is 9. The number of hydrogen-bond donors (Lipinski definition) is 2. The lowest BCUT2D eigenvalue weighted by Gasteiger charge is -2.33. The third-order valence-electron chi connectivity index (χ3n) is 5.92. The molecule has 1 unspecified atom stereocenters. The van der Waals surface area contributed by atoms with Crippen LogP contribution in [0.3, 0.4) is 0 Å². The van der Waals surface area contributed by atoms with E-state index in [1.165, 1.54) is 11.2 Å². The lowest BCUT2D eigenvalue weighted by atomic mass is 10.1. The molecule has 198 valence electrons. The summed E-state index contributed by atoms with van der Waals surface area (Å²) in [6.45, 7) is 0.310. The molecule has 0 aromatic heterocycles. The minimum Gasteiger partial charge on any atom is -0.497 e. The van der Waals surface area contributed by atoms with Crippen LogP contribution in [0.4, 0.5) is 5.69 Å². The van der Waals surface area contributed by atoms with E-state index in [4.69, 9.17) is 14.4 Å². The number of esters is 1. The summed E-state index contributed by atoms with van der Waals surface area (Å²) < 4.78 is 16.1. The largest absolute Gasteiger partial charge is 0.497 e. The molecule has 1 heterocycles. The number of nitrogens with zero attached hydrogens (tertiary/aromatic N) is 2. The van der Waals surface area contributed by atoms with E-state index in [9.17, 15) is 19.5 Å². The first-order valence-corrected chi connectivity index (χ1v) is 11.6. The van der Waals surface area contributed by atoms with E-state index in [2.05, 4.69) is 10.2 Å². The van der Waals surface area contributed by atoms with Crippen molar-refractivity contribution in [3.8, 4) is 5.75 Å². The van der Waals surface area contributed by atoms with E-state index >= 15 is 0 Å². The van der Waals surface area contributed by atoms with Crippen LogP contribution in [-0.4, -0.2) is 55.6 Å². The molecule has 0 saturated carbocycles. The van der Waals surface area contributed by atoms with Crippen molar-refractivity contribution in [3.05, 3.63) is 94.5 Å². The predicted octanol–water partition coefficient (Wildman–Crippen LogP) is 3.21. The number of carboxylic acids is 1. The zero-order valence-corrected chi connectivity index (χ0v) is 21.0. The monoisotopic (exact) mass is 521 g/mol. The molecule has 0 bridgehead atoms. The van der Waals surface area contributed by atoms with Gasteiger partial charge in [-0.25, -0.2) is 15.1 Å². The smallest absolute Gasteiger partial charge is 0.337 e. The molecular weight excluding hydrogens is 494 g/mol. The van der Waals surface area contributed by atoms with Gasteiger partial charge in [0.25, 0.3) is 5.91 Å². The highest BCUT2D eigenvalue weighted by atomic mass is 16.8. The molecule has 2 N–H and O–H groups in total. The summed E-state index contributed by atoms with van der Waals surface area (Å²) in [5.74, 6) is -2.10. The highest BCUT2D eigenvalue weighted by Crippen LogP contribution is 2.34. The molecular formula is C27H27N3O8. The first-order valence-electron chi connectivity index (χ1n) is 11.6. The molecule has 3 aromatic rings. The van der Waals surface area contributed by atoms with Crippen LogP contribution in [-0.2, 0) is 27.4 Å². The van der Waals surface area contributed by atoms with Crippen LogP contribution in [0.2, 0.25) is 0 Å². The molecule has 11 nitrogen and oxygen atoms in total. The minimum absolute atomic E-state index is 0.0784. The Bertz CT molecular complexity index is 1350. The zero-order chi connectivity index (χ0) is 27.2. The zero-order valence-electron chi connectivity index (χ0n) is 21.0. The molecule has 0 aliphatic carbocycles. The summed E-state index contributed by atoms with van der Waals surface area (Å²) in [6, 6.07) is 18.8. The summed E-state index contributed by atoms with van der Waals surface area (Å²) >= 11 is 0. The number of anilines is 1. The van der Waals surface area contributed by atoms with E-state index in [0.717, 1.165) is 41.8 Å². The van der Waals surface area contributed by atoms with Crippen LogP contribution in [0.25, 0.3) is 0 Å². The number of nitrogens with one attached hydrogen (secondary N) is 1. The number of para-hydroxylation sites is 1. The van der Waals surface area contributed by atoms with E-state index in [1.54, 1.807) is 19.2 Å². The van der Waals surface area contributed by atoms with Gasteiger partial charge in [0.2, 0.25) is 0 Å². The fourth-order valence-corrected chi connectivity index (χ4v) is 4.08. The Morgan fingerprint density at radius 1 is 1.00 bits per heavy atom. The highest BCUT2D eigenvalue weighted by Gasteiger charge is 2.34. The van der Waals surface area contributed by atoms with Crippen molar-refractivity contribution < 1.29 is 38.6 Å². The van der Waals surface area contributed by atoms with Gasteiger partial charge in [-0.05, 0) is 47.5 Å². The van der Waals surface area contributed by atoms with Gasteiger partial charge >= 0.3 is 11.9 Å². The molecule has 0 radical (unpaired) electrons. The molecule has 38 heavy (non-hydrogen) atoms. The van der Waals surface area contributed by atoms with Crippen LogP contribution < -0.4 is 15.2 Å². The van der Waals surface area contributed by atoms with Crippen LogP contribution >= 0.6 is 0 Å². The van der Waals surface area contributed by atoms with Gasteiger partial charge < -0.3 is 19.3 Å². The highest BCUT2D eigenvalue weighted by molar-refractivity contribution is 6.01. The number of fused-ring (bicyclic) bond motifs is 1. The number of benzene rings is 3. The maximum absolute atomic E-state index is 12.8. The normalized spacial score (nSPS) is 14.2. The number of rotatable bonds is 10. The number of carbonyl (C=O) groups is 3. The van der Waals surface area contributed by atoms with E-state index < -0.39 is 24.1 Å². The standard InChI is InChI=1S/C27H27N3O8/c1-29(38-28-25(31)19-12-20(26(32)33)14-21(13-19)27(34)36-3)30-23-10-5-4-8-18(23)15-24(30)37-16-17-7-6-9-22(11-17)35-2/h4-14,24H,15-16H2,1-3H3,(H,28,31)(H,32,33). The van der Waals surface area contributed by atoms with Gasteiger partial charge in [0.1, 0.15) is 5.75 Å². The molecule has 1 amide bonds. The van der Waals surface area contributed by atoms with Crippen molar-refractivity contribution in [2.45, 2.75) is 19.3 Å². The minimum atomic E-state index is -1.30. The number of hydroxylamine groups is 2. The molecule has 4 rings (SSSR count). The number of hydrazine groups is 1. The number of carboxylic acid groups (broad SMARTS) is 1. The molecule has 1 aliphatic heterocycles. The Morgan fingerprint density at radius 2 is 1.74 bits per heavy atom. The lowest BCUT2D eigenvalue weighted by molar-refractivity contribution is -0.205. The molecule has 3 aromatic carbocycles. The topological polar surface area (TPSA) is 127 Å². The fraction of sp³-hybridized carbons (Fsp3) is 0.222. The maximum atomic E-state index is 12.8. The number of methoxy groups -OCH3 is 2. The summed E-state index contributed by atoms with van der Waals surface area (Å²) in [4.78, 5) is 41.8. The summed E-state index contributed by atoms with van der Waals surface area (Å²) in [6.07, 6.45) is 0.132. The first kappa shape index (κ1) is 26.6. The van der Waals surface area contributed by atoms with E-state index in [0.29, 0.717) is 13.0 Å².